The zero-order valence-corrected chi connectivity index (χ0v) is 10.7. The van der Waals surface area contributed by atoms with Crippen molar-refractivity contribution in [1.82, 2.24) is 9.47 Å². The summed E-state index contributed by atoms with van der Waals surface area (Å²) in [6.07, 6.45) is 2.23. The summed E-state index contributed by atoms with van der Waals surface area (Å²) in [6, 6.07) is 4.49. The minimum absolute atomic E-state index is 0.0909. The number of nitrogens with zero attached hydrogens (tertiary/aromatic N) is 2. The molecule has 0 saturated carbocycles. The van der Waals surface area contributed by atoms with Crippen molar-refractivity contribution in [2.24, 2.45) is 0 Å². The highest BCUT2D eigenvalue weighted by molar-refractivity contribution is 5.06. The molecule has 1 saturated heterocycles. The Hall–Kier alpha value is -0.840. The van der Waals surface area contributed by atoms with Crippen molar-refractivity contribution >= 4 is 0 Å². The predicted molar refractivity (Wildman–Crippen MR) is 66.8 cm³/mol. The van der Waals surface area contributed by atoms with Crippen LogP contribution in [-0.2, 0) is 17.9 Å². The van der Waals surface area contributed by atoms with Crippen LogP contribution in [0.1, 0.15) is 19.5 Å². The van der Waals surface area contributed by atoms with Gasteiger partial charge in [0.2, 0.25) is 0 Å². The Bertz CT molecular complexity index is 349. The van der Waals surface area contributed by atoms with Gasteiger partial charge in [-0.15, -0.1) is 0 Å². The fourth-order valence-corrected chi connectivity index (χ4v) is 2.31. The fourth-order valence-electron chi connectivity index (χ4n) is 2.31. The van der Waals surface area contributed by atoms with Gasteiger partial charge in [-0.25, -0.2) is 0 Å². The van der Waals surface area contributed by atoms with E-state index in [1.165, 1.54) is 0 Å². The van der Waals surface area contributed by atoms with Crippen molar-refractivity contribution < 1.29 is 9.84 Å². The summed E-state index contributed by atoms with van der Waals surface area (Å²) in [5, 5.41) is 9.20. The third kappa shape index (κ3) is 3.09. The van der Waals surface area contributed by atoms with Crippen LogP contribution < -0.4 is 0 Å². The molecule has 1 fully saturated rings. The Morgan fingerprint density at radius 2 is 2.35 bits per heavy atom. The number of aliphatic hydroxyl groups excluding tert-OH is 1. The van der Waals surface area contributed by atoms with Gasteiger partial charge in [-0.3, -0.25) is 4.90 Å². The van der Waals surface area contributed by atoms with Gasteiger partial charge in [-0.1, -0.05) is 0 Å². The number of aromatic nitrogens is 1. The summed E-state index contributed by atoms with van der Waals surface area (Å²) >= 11 is 0. The van der Waals surface area contributed by atoms with E-state index in [2.05, 4.69) is 23.3 Å². The van der Waals surface area contributed by atoms with E-state index < -0.39 is 0 Å². The molecule has 2 rings (SSSR count). The molecule has 17 heavy (non-hydrogen) atoms. The molecular formula is C13H22N2O2. The molecule has 1 aliphatic rings. The van der Waals surface area contributed by atoms with E-state index in [4.69, 9.17) is 4.74 Å². The van der Waals surface area contributed by atoms with Crippen LogP contribution in [0.3, 0.4) is 0 Å². The maximum Gasteiger partial charge on any atom is 0.0881 e. The monoisotopic (exact) mass is 238 g/mol. The number of morpholine rings is 1. The van der Waals surface area contributed by atoms with Crippen molar-refractivity contribution in [3.8, 4) is 0 Å². The van der Waals surface area contributed by atoms with Gasteiger partial charge in [0.15, 0.2) is 0 Å². The second-order valence-electron chi connectivity index (χ2n) is 4.89. The molecule has 1 aliphatic heterocycles. The number of hydrogen-bond donors (Lipinski definition) is 1. The first-order valence-corrected chi connectivity index (χ1v) is 6.31. The molecule has 0 aromatic carbocycles. The molecule has 0 amide bonds. The summed E-state index contributed by atoms with van der Waals surface area (Å²) in [5.74, 6) is 0. The van der Waals surface area contributed by atoms with E-state index >= 15 is 0 Å². The summed E-state index contributed by atoms with van der Waals surface area (Å²) in [5.41, 5.74) is 0.954. The van der Waals surface area contributed by atoms with Gasteiger partial charge in [0.1, 0.15) is 0 Å². The van der Waals surface area contributed by atoms with E-state index in [-0.39, 0.29) is 12.7 Å². The highest BCUT2D eigenvalue weighted by atomic mass is 16.5. The van der Waals surface area contributed by atoms with E-state index in [1.807, 2.05) is 18.3 Å². The highest BCUT2D eigenvalue weighted by Gasteiger charge is 2.22. The zero-order chi connectivity index (χ0) is 12.3. The average Bonchev–Trinajstić information content (AvgIpc) is 2.76. The van der Waals surface area contributed by atoms with Gasteiger partial charge in [-0.05, 0) is 26.0 Å². The normalized spacial score (nSPS) is 22.2. The van der Waals surface area contributed by atoms with Gasteiger partial charge >= 0.3 is 0 Å². The van der Waals surface area contributed by atoms with E-state index in [1.54, 1.807) is 0 Å². The van der Waals surface area contributed by atoms with Gasteiger partial charge in [0.25, 0.3) is 0 Å². The van der Waals surface area contributed by atoms with E-state index in [0.29, 0.717) is 6.04 Å². The van der Waals surface area contributed by atoms with Crippen LogP contribution in [-0.4, -0.2) is 46.4 Å². The molecule has 4 nitrogen and oxygen atoms in total. The lowest BCUT2D eigenvalue weighted by Gasteiger charge is -2.35. The minimum Gasteiger partial charge on any atom is -0.390 e. The van der Waals surface area contributed by atoms with Crippen molar-refractivity contribution in [3.63, 3.8) is 0 Å². The third-order valence-corrected chi connectivity index (χ3v) is 3.39. The Morgan fingerprint density at radius 3 is 3.06 bits per heavy atom. The second kappa shape index (κ2) is 5.67. The molecule has 0 bridgehead atoms. The predicted octanol–water partition coefficient (Wildman–Crippen LogP) is 1.09. The van der Waals surface area contributed by atoms with Crippen molar-refractivity contribution in [1.29, 1.82) is 0 Å². The van der Waals surface area contributed by atoms with Crippen LogP contribution in [0, 0.1) is 0 Å². The summed E-state index contributed by atoms with van der Waals surface area (Å²) in [4.78, 5) is 2.44. The first-order chi connectivity index (χ1) is 8.20. The molecule has 1 N–H and O–H groups in total. The molecular weight excluding hydrogens is 216 g/mol. The molecule has 96 valence electrons. The van der Waals surface area contributed by atoms with Gasteiger partial charge in [0, 0.05) is 37.6 Å². The Kier molecular flexibility index (Phi) is 4.20. The Morgan fingerprint density at radius 1 is 1.53 bits per heavy atom. The Labute approximate surface area is 103 Å². The van der Waals surface area contributed by atoms with Crippen LogP contribution in [0.4, 0.5) is 0 Å². The quantitative estimate of drug-likeness (QED) is 0.853. The highest BCUT2D eigenvalue weighted by Crippen LogP contribution is 2.12. The molecule has 0 spiro atoms. The van der Waals surface area contributed by atoms with Crippen LogP contribution >= 0.6 is 0 Å². The first kappa shape index (κ1) is 12.6. The Balaban J connectivity index is 1.94. The van der Waals surface area contributed by atoms with Gasteiger partial charge in [-0.2, -0.15) is 0 Å². The first-order valence-electron chi connectivity index (χ1n) is 6.31. The van der Waals surface area contributed by atoms with Crippen molar-refractivity contribution in [2.75, 3.05) is 19.7 Å². The lowest BCUT2D eigenvalue weighted by molar-refractivity contribution is -0.0460. The van der Waals surface area contributed by atoms with Crippen molar-refractivity contribution in [2.45, 2.75) is 39.1 Å². The maximum atomic E-state index is 9.20. The lowest BCUT2D eigenvalue weighted by Crippen LogP contribution is -2.47. The van der Waals surface area contributed by atoms with Crippen LogP contribution in [0.15, 0.2) is 18.3 Å². The molecule has 1 aromatic heterocycles. The summed E-state index contributed by atoms with van der Waals surface area (Å²) < 4.78 is 7.86. The lowest BCUT2D eigenvalue weighted by atomic mass is 10.2. The standard InChI is InChI=1S/C13H22N2O2/c1-11(2)14-6-7-17-13(8-14)9-15-5-3-4-12(15)10-16/h3-5,11,13,16H,6-10H2,1-2H3. The SMILES string of the molecule is CC(C)N1CCOC(Cn2cccc2CO)C1. The number of aliphatic hydroxyl groups is 1. The maximum absolute atomic E-state index is 9.20. The molecule has 1 unspecified atom stereocenters. The minimum atomic E-state index is 0.0909. The van der Waals surface area contributed by atoms with Crippen molar-refractivity contribution in [3.05, 3.63) is 24.0 Å². The molecule has 2 heterocycles. The molecule has 4 heteroatoms. The van der Waals surface area contributed by atoms with Crippen LogP contribution in [0.2, 0.25) is 0 Å². The zero-order valence-electron chi connectivity index (χ0n) is 10.7. The topological polar surface area (TPSA) is 37.6 Å². The number of ether oxygens (including phenoxy) is 1. The summed E-state index contributed by atoms with van der Waals surface area (Å²) in [7, 11) is 0. The van der Waals surface area contributed by atoms with Gasteiger partial charge < -0.3 is 14.4 Å². The molecule has 0 aliphatic carbocycles. The fraction of sp³-hybridized carbons (Fsp3) is 0.692. The molecule has 1 atom stereocenters. The second-order valence-corrected chi connectivity index (χ2v) is 4.89. The van der Waals surface area contributed by atoms with Crippen LogP contribution in [0.5, 0.6) is 0 Å². The smallest absolute Gasteiger partial charge is 0.0881 e. The third-order valence-electron chi connectivity index (χ3n) is 3.39. The number of rotatable bonds is 4. The summed E-state index contributed by atoms with van der Waals surface area (Å²) in [6.45, 7) is 8.15. The van der Waals surface area contributed by atoms with E-state index in [0.717, 1.165) is 31.9 Å². The largest absolute Gasteiger partial charge is 0.390 e. The average molecular weight is 238 g/mol. The number of hydrogen-bond acceptors (Lipinski definition) is 3. The van der Waals surface area contributed by atoms with E-state index in [9.17, 15) is 5.11 Å². The molecule has 0 radical (unpaired) electrons. The van der Waals surface area contributed by atoms with Gasteiger partial charge in [0.05, 0.1) is 19.3 Å². The molecule has 1 aromatic rings. The van der Waals surface area contributed by atoms with Crippen LogP contribution in [0.25, 0.3) is 0 Å².